The van der Waals surface area contributed by atoms with Crippen molar-refractivity contribution < 1.29 is 14.7 Å². The Labute approximate surface area is 136 Å². The Hall–Kier alpha value is -1.84. The van der Waals surface area contributed by atoms with E-state index in [4.69, 9.17) is 0 Å². The molecule has 3 aliphatic rings. The van der Waals surface area contributed by atoms with Crippen LogP contribution >= 0.6 is 0 Å². The maximum Gasteiger partial charge on any atom is 0.308 e. The molecule has 1 saturated heterocycles. The van der Waals surface area contributed by atoms with Crippen LogP contribution in [0.15, 0.2) is 24.3 Å². The molecule has 23 heavy (non-hydrogen) atoms. The second kappa shape index (κ2) is 5.08. The van der Waals surface area contributed by atoms with Crippen molar-refractivity contribution in [3.63, 3.8) is 0 Å². The highest BCUT2D eigenvalue weighted by molar-refractivity contribution is 5.92. The van der Waals surface area contributed by atoms with Crippen molar-refractivity contribution in [1.82, 2.24) is 4.90 Å². The van der Waals surface area contributed by atoms with E-state index in [1.165, 1.54) is 5.56 Å². The van der Waals surface area contributed by atoms with Gasteiger partial charge in [-0.1, -0.05) is 29.8 Å². The zero-order chi connectivity index (χ0) is 16.2. The molecule has 1 N–H and O–H groups in total. The Balaban J connectivity index is 1.55. The van der Waals surface area contributed by atoms with Crippen LogP contribution in [0.2, 0.25) is 0 Å². The molecule has 0 aromatic heterocycles. The van der Waals surface area contributed by atoms with E-state index in [-0.39, 0.29) is 23.2 Å². The lowest BCUT2D eigenvalue weighted by atomic mass is 9.92. The number of carbonyl (C=O) groups is 2. The fourth-order valence-electron chi connectivity index (χ4n) is 4.18. The highest BCUT2D eigenvalue weighted by atomic mass is 16.4. The van der Waals surface area contributed by atoms with Gasteiger partial charge in [0.05, 0.1) is 11.3 Å². The van der Waals surface area contributed by atoms with Crippen molar-refractivity contribution in [1.29, 1.82) is 0 Å². The van der Waals surface area contributed by atoms with Crippen LogP contribution in [0.4, 0.5) is 0 Å². The summed E-state index contributed by atoms with van der Waals surface area (Å²) in [4.78, 5) is 26.5. The molecule has 1 heterocycles. The molecule has 4 heteroatoms. The normalized spacial score (nSPS) is 28.7. The Bertz CT molecular complexity index is 643. The Kier molecular flexibility index (Phi) is 3.26. The Morgan fingerprint density at radius 1 is 1.13 bits per heavy atom. The fourth-order valence-corrected chi connectivity index (χ4v) is 4.18. The molecular weight excluding hydrogens is 290 g/mol. The Morgan fingerprint density at radius 3 is 2.30 bits per heavy atom. The number of benzene rings is 1. The lowest BCUT2D eigenvalue weighted by molar-refractivity contribution is -0.142. The van der Waals surface area contributed by atoms with Crippen molar-refractivity contribution in [3.05, 3.63) is 35.4 Å². The number of carboxylic acids is 1. The highest BCUT2D eigenvalue weighted by Crippen LogP contribution is 2.51. The van der Waals surface area contributed by atoms with Gasteiger partial charge in [-0.25, -0.2) is 0 Å². The third-order valence-electron chi connectivity index (χ3n) is 5.96. The monoisotopic (exact) mass is 313 g/mol. The number of aryl methyl sites for hydroxylation is 1. The van der Waals surface area contributed by atoms with E-state index in [2.05, 4.69) is 24.3 Å². The van der Waals surface area contributed by atoms with E-state index in [9.17, 15) is 14.7 Å². The number of hydrogen-bond acceptors (Lipinski definition) is 2. The van der Waals surface area contributed by atoms with Gasteiger partial charge in [0, 0.05) is 13.1 Å². The topological polar surface area (TPSA) is 57.6 Å². The van der Waals surface area contributed by atoms with Crippen LogP contribution in [-0.2, 0) is 15.0 Å². The molecular formula is C19H23NO3. The Morgan fingerprint density at radius 2 is 1.78 bits per heavy atom. The minimum Gasteiger partial charge on any atom is -0.481 e. The van der Waals surface area contributed by atoms with E-state index in [0.717, 1.165) is 31.2 Å². The SMILES string of the molecule is Cc1ccc(C2(C(=O)N3C[C@@H](C(=O)O)[C@H](C4CC4)C3)CC2)cc1. The standard InChI is InChI=1S/C19H23NO3/c1-12-2-6-14(7-3-12)19(8-9-19)18(23)20-10-15(13-4-5-13)16(11-20)17(21)22/h2-3,6-7,13,15-16H,4-5,8-11H2,1H3,(H,21,22)/t15-,16+/m0/s1. The van der Waals surface area contributed by atoms with E-state index in [1.807, 2.05) is 11.8 Å². The first-order valence-electron chi connectivity index (χ1n) is 8.60. The van der Waals surface area contributed by atoms with Crippen molar-refractivity contribution in [3.8, 4) is 0 Å². The summed E-state index contributed by atoms with van der Waals surface area (Å²) < 4.78 is 0. The summed E-state index contributed by atoms with van der Waals surface area (Å²) in [6.07, 6.45) is 4.02. The first-order chi connectivity index (χ1) is 11.0. The minimum absolute atomic E-state index is 0.149. The third kappa shape index (κ3) is 2.44. The summed E-state index contributed by atoms with van der Waals surface area (Å²) in [5, 5.41) is 9.49. The van der Waals surface area contributed by atoms with Crippen LogP contribution < -0.4 is 0 Å². The lowest BCUT2D eigenvalue weighted by Gasteiger charge is -2.24. The molecule has 1 amide bonds. The molecule has 3 fully saturated rings. The number of hydrogen-bond donors (Lipinski definition) is 1. The number of carbonyl (C=O) groups excluding carboxylic acids is 1. The number of amides is 1. The third-order valence-corrected chi connectivity index (χ3v) is 5.96. The summed E-state index contributed by atoms with van der Waals surface area (Å²) in [7, 11) is 0. The van der Waals surface area contributed by atoms with Crippen LogP contribution in [0.1, 0.15) is 36.8 Å². The van der Waals surface area contributed by atoms with Gasteiger partial charge >= 0.3 is 5.97 Å². The second-order valence-electron chi connectivity index (χ2n) is 7.60. The van der Waals surface area contributed by atoms with E-state index in [0.29, 0.717) is 19.0 Å². The molecule has 1 aliphatic heterocycles. The highest BCUT2D eigenvalue weighted by Gasteiger charge is 2.56. The van der Waals surface area contributed by atoms with Gasteiger partial charge < -0.3 is 10.0 Å². The molecule has 1 aromatic carbocycles. The molecule has 0 bridgehead atoms. The molecule has 122 valence electrons. The summed E-state index contributed by atoms with van der Waals surface area (Å²) in [5.41, 5.74) is 1.91. The molecule has 0 radical (unpaired) electrons. The maximum absolute atomic E-state index is 13.1. The van der Waals surface area contributed by atoms with E-state index >= 15 is 0 Å². The maximum atomic E-state index is 13.1. The van der Waals surface area contributed by atoms with Gasteiger partial charge in [-0.05, 0) is 50.0 Å². The van der Waals surface area contributed by atoms with Gasteiger partial charge in [0.2, 0.25) is 5.91 Å². The zero-order valence-corrected chi connectivity index (χ0v) is 13.5. The molecule has 2 atom stereocenters. The molecule has 4 nitrogen and oxygen atoms in total. The average Bonchev–Trinajstić information content (AvgIpc) is 3.45. The van der Waals surface area contributed by atoms with Gasteiger partial charge in [-0.15, -0.1) is 0 Å². The molecule has 4 rings (SSSR count). The van der Waals surface area contributed by atoms with Crippen molar-refractivity contribution >= 4 is 11.9 Å². The first kappa shape index (κ1) is 14.7. The van der Waals surface area contributed by atoms with Gasteiger partial charge in [0.25, 0.3) is 0 Å². The predicted octanol–water partition coefficient (Wildman–Crippen LogP) is 2.60. The van der Waals surface area contributed by atoms with Crippen LogP contribution in [0.5, 0.6) is 0 Å². The van der Waals surface area contributed by atoms with Crippen LogP contribution in [0.3, 0.4) is 0 Å². The summed E-state index contributed by atoms with van der Waals surface area (Å²) in [6.45, 7) is 3.07. The zero-order valence-electron chi connectivity index (χ0n) is 13.5. The van der Waals surface area contributed by atoms with Gasteiger partial charge in [-0.2, -0.15) is 0 Å². The number of carboxylic acid groups (broad SMARTS) is 1. The molecule has 1 aromatic rings. The van der Waals surface area contributed by atoms with Gasteiger partial charge in [0.15, 0.2) is 0 Å². The number of aliphatic carboxylic acids is 1. The minimum atomic E-state index is -0.739. The van der Waals surface area contributed by atoms with E-state index in [1.54, 1.807) is 0 Å². The quantitative estimate of drug-likeness (QED) is 0.929. The molecule has 0 spiro atoms. The van der Waals surface area contributed by atoms with Crippen molar-refractivity contribution in [2.45, 2.75) is 38.0 Å². The number of nitrogens with zero attached hydrogens (tertiary/aromatic N) is 1. The van der Waals surface area contributed by atoms with Gasteiger partial charge in [0.1, 0.15) is 0 Å². The number of rotatable bonds is 4. The largest absolute Gasteiger partial charge is 0.481 e. The predicted molar refractivity (Wildman–Crippen MR) is 86.0 cm³/mol. The van der Waals surface area contributed by atoms with Crippen LogP contribution in [0.25, 0.3) is 0 Å². The molecule has 2 aliphatic carbocycles. The van der Waals surface area contributed by atoms with Crippen LogP contribution in [-0.4, -0.2) is 35.0 Å². The summed E-state index contributed by atoms with van der Waals surface area (Å²) in [6, 6.07) is 8.23. The van der Waals surface area contributed by atoms with E-state index < -0.39 is 5.97 Å². The summed E-state index contributed by atoms with van der Waals surface area (Å²) >= 11 is 0. The second-order valence-corrected chi connectivity index (χ2v) is 7.60. The first-order valence-corrected chi connectivity index (χ1v) is 8.60. The lowest BCUT2D eigenvalue weighted by Crippen LogP contribution is -2.38. The smallest absolute Gasteiger partial charge is 0.308 e. The van der Waals surface area contributed by atoms with Crippen LogP contribution in [0, 0.1) is 24.7 Å². The fraction of sp³-hybridized carbons (Fsp3) is 0.579. The van der Waals surface area contributed by atoms with Gasteiger partial charge in [-0.3, -0.25) is 9.59 Å². The van der Waals surface area contributed by atoms with Crippen molar-refractivity contribution in [2.24, 2.45) is 17.8 Å². The van der Waals surface area contributed by atoms with Crippen molar-refractivity contribution in [2.75, 3.05) is 13.1 Å². The molecule has 2 saturated carbocycles. The number of likely N-dealkylation sites (tertiary alicyclic amines) is 1. The molecule has 0 unspecified atom stereocenters. The summed E-state index contributed by atoms with van der Waals surface area (Å²) in [5.74, 6) is -0.290. The average molecular weight is 313 g/mol.